The number of nitrogens with zero attached hydrogens (tertiary/aromatic N) is 2. The molecule has 0 atom stereocenters. The molecule has 0 bridgehead atoms. The van der Waals surface area contributed by atoms with E-state index < -0.39 is 9.05 Å². The Morgan fingerprint density at radius 3 is 2.50 bits per heavy atom. The lowest BCUT2D eigenvalue weighted by Gasteiger charge is -2.19. The van der Waals surface area contributed by atoms with Crippen LogP contribution in [0.4, 0.5) is 4.39 Å². The Morgan fingerprint density at radius 1 is 1.27 bits per heavy atom. The highest BCUT2D eigenvalue weighted by atomic mass is 79.9. The fourth-order valence-corrected chi connectivity index (χ4v) is 3.86. The van der Waals surface area contributed by atoms with Gasteiger partial charge in [-0.05, 0) is 52.7 Å². The number of halogens is 3. The number of hydrazone groups is 1. The lowest BCUT2D eigenvalue weighted by atomic mass is 10.1. The van der Waals surface area contributed by atoms with Crippen molar-refractivity contribution in [3.05, 3.63) is 81.9 Å². The lowest BCUT2D eigenvalue weighted by molar-refractivity contribution is -0.488. The van der Waals surface area contributed by atoms with Gasteiger partial charge in [-0.15, -0.1) is 9.79 Å². The summed E-state index contributed by atoms with van der Waals surface area (Å²) in [4.78, 5) is 0.0266. The minimum absolute atomic E-state index is 0.0266. The summed E-state index contributed by atoms with van der Waals surface area (Å²) < 4.78 is 39.4. The van der Waals surface area contributed by atoms with E-state index in [0.29, 0.717) is 29.5 Å². The quantitative estimate of drug-likeness (QED) is 0.359. The molecule has 0 amide bonds. The van der Waals surface area contributed by atoms with Crippen molar-refractivity contribution in [1.82, 2.24) is 10.6 Å². The van der Waals surface area contributed by atoms with E-state index in [1.165, 1.54) is 18.2 Å². The molecule has 0 aliphatic carbocycles. The van der Waals surface area contributed by atoms with Crippen LogP contribution in [0.5, 0.6) is 0 Å². The zero-order valence-electron chi connectivity index (χ0n) is 15.9. The SMILES string of the molecule is C=N[N+]1=C(NCc2ccc(S(=O)(=O)Cl)cc2)C=C(c2ccccc2F)N/C1=C(/C)Br. The van der Waals surface area contributed by atoms with Crippen LogP contribution in [0.2, 0.25) is 0 Å². The summed E-state index contributed by atoms with van der Waals surface area (Å²) in [5, 5.41) is 10.4. The summed E-state index contributed by atoms with van der Waals surface area (Å²) in [5.74, 6) is 0.779. The average Bonchev–Trinajstić information content (AvgIpc) is 2.71. The smallest absolute Gasteiger partial charge is 0.261 e. The third-order valence-electron chi connectivity index (χ3n) is 4.28. The van der Waals surface area contributed by atoms with E-state index >= 15 is 0 Å². The highest BCUT2D eigenvalue weighted by Gasteiger charge is 2.26. The number of amidine groups is 1. The fraction of sp³-hybridized carbons (Fsp3) is 0.100. The molecule has 0 unspecified atom stereocenters. The molecule has 0 saturated heterocycles. The Kier molecular flexibility index (Phi) is 6.74. The number of allylic oxidation sites excluding steroid dienone is 1. The molecule has 10 heteroatoms. The molecule has 1 aliphatic rings. The van der Waals surface area contributed by atoms with Crippen LogP contribution in [0.1, 0.15) is 18.1 Å². The summed E-state index contributed by atoms with van der Waals surface area (Å²) in [6.07, 6.45) is 1.73. The fourth-order valence-electron chi connectivity index (χ4n) is 2.83. The van der Waals surface area contributed by atoms with Crippen molar-refractivity contribution in [2.45, 2.75) is 18.4 Å². The summed E-state index contributed by atoms with van der Waals surface area (Å²) in [6.45, 7) is 5.80. The first-order valence-corrected chi connectivity index (χ1v) is 11.8. The summed E-state index contributed by atoms with van der Waals surface area (Å²) in [7, 11) is 1.58. The first kappa shape index (κ1) is 22.2. The predicted molar refractivity (Wildman–Crippen MR) is 120 cm³/mol. The Labute approximate surface area is 187 Å². The van der Waals surface area contributed by atoms with Crippen LogP contribution < -0.4 is 10.6 Å². The minimum Gasteiger partial charge on any atom is -0.300 e. The molecule has 156 valence electrons. The van der Waals surface area contributed by atoms with Crippen molar-refractivity contribution < 1.29 is 17.5 Å². The van der Waals surface area contributed by atoms with Gasteiger partial charge in [0.1, 0.15) is 11.5 Å². The second-order valence-electron chi connectivity index (χ2n) is 6.32. The van der Waals surface area contributed by atoms with Gasteiger partial charge in [-0.3, -0.25) is 10.6 Å². The maximum Gasteiger partial charge on any atom is 0.261 e. The van der Waals surface area contributed by atoms with Crippen LogP contribution in [0, 0.1) is 5.82 Å². The van der Waals surface area contributed by atoms with Crippen molar-refractivity contribution in [2.75, 3.05) is 0 Å². The first-order valence-electron chi connectivity index (χ1n) is 8.72. The minimum atomic E-state index is -3.78. The van der Waals surface area contributed by atoms with E-state index in [1.54, 1.807) is 41.1 Å². The van der Waals surface area contributed by atoms with Gasteiger partial charge in [0.05, 0.1) is 22.0 Å². The van der Waals surface area contributed by atoms with Crippen molar-refractivity contribution in [2.24, 2.45) is 5.10 Å². The molecule has 2 N–H and O–H groups in total. The van der Waals surface area contributed by atoms with Gasteiger partial charge in [0.25, 0.3) is 14.9 Å². The molecule has 2 aromatic carbocycles. The Bertz CT molecular complexity index is 1190. The topological polar surface area (TPSA) is 73.6 Å². The highest BCUT2D eigenvalue weighted by molar-refractivity contribution is 9.11. The van der Waals surface area contributed by atoms with E-state index in [-0.39, 0.29) is 10.7 Å². The van der Waals surface area contributed by atoms with Gasteiger partial charge in [-0.1, -0.05) is 24.3 Å². The Morgan fingerprint density at radius 2 is 1.93 bits per heavy atom. The molecule has 1 aliphatic heterocycles. The monoisotopic (exact) mass is 511 g/mol. The van der Waals surface area contributed by atoms with E-state index in [9.17, 15) is 12.8 Å². The number of nitrogens with one attached hydrogen (secondary N) is 2. The van der Waals surface area contributed by atoms with E-state index in [1.807, 2.05) is 6.92 Å². The van der Waals surface area contributed by atoms with Crippen molar-refractivity contribution >= 4 is 53.9 Å². The van der Waals surface area contributed by atoms with Crippen LogP contribution in [0.15, 0.2) is 74.9 Å². The zero-order valence-corrected chi connectivity index (χ0v) is 19.0. The molecular formula is C20H18BrClFN4O2S+. The van der Waals surface area contributed by atoms with Crippen molar-refractivity contribution in [1.29, 1.82) is 0 Å². The summed E-state index contributed by atoms with van der Waals surface area (Å²) in [6, 6.07) is 12.6. The molecule has 2 aromatic rings. The molecule has 0 spiro atoms. The molecule has 3 rings (SSSR count). The van der Waals surface area contributed by atoms with Crippen LogP contribution >= 0.6 is 26.6 Å². The van der Waals surface area contributed by atoms with Crippen molar-refractivity contribution in [3.8, 4) is 0 Å². The molecular weight excluding hydrogens is 495 g/mol. The number of benzene rings is 2. The lowest BCUT2D eigenvalue weighted by Crippen LogP contribution is -2.37. The van der Waals surface area contributed by atoms with Gasteiger partial charge in [-0.25, -0.2) is 12.8 Å². The molecule has 30 heavy (non-hydrogen) atoms. The van der Waals surface area contributed by atoms with Gasteiger partial charge in [-0.2, -0.15) is 0 Å². The number of hydrogen-bond donors (Lipinski definition) is 2. The third kappa shape index (κ3) is 4.97. The highest BCUT2D eigenvalue weighted by Crippen LogP contribution is 2.23. The average molecular weight is 513 g/mol. The second-order valence-corrected chi connectivity index (χ2v) is 10.1. The molecule has 6 nitrogen and oxygen atoms in total. The Balaban J connectivity index is 1.95. The molecule has 0 fully saturated rings. The number of hydrogen-bond acceptors (Lipinski definition) is 5. The standard InChI is InChI=1S/C20H17BrClFN4O2S/c1-13(21)20-26-18(16-5-3-4-6-17(16)23)11-19(27(20)24-2)25-12-14-7-9-15(10-8-14)30(22,28)29/h3-11H,2,12H2,1H3,(H,25,26)/p+1/b20-13+. The van der Waals surface area contributed by atoms with Crippen LogP contribution in [0.3, 0.4) is 0 Å². The molecule has 0 saturated carbocycles. The number of rotatable bonds is 5. The van der Waals surface area contributed by atoms with E-state index in [0.717, 1.165) is 10.0 Å². The predicted octanol–water partition coefficient (Wildman–Crippen LogP) is 4.10. The molecule has 1 heterocycles. The maximum atomic E-state index is 14.3. The van der Waals surface area contributed by atoms with Gasteiger partial charge >= 0.3 is 0 Å². The second kappa shape index (κ2) is 9.11. The van der Waals surface area contributed by atoms with E-state index in [2.05, 4.69) is 38.4 Å². The summed E-state index contributed by atoms with van der Waals surface area (Å²) >= 11 is 3.44. The van der Waals surface area contributed by atoms with Crippen LogP contribution in [-0.4, -0.2) is 25.7 Å². The van der Waals surface area contributed by atoms with Crippen LogP contribution in [0.25, 0.3) is 5.70 Å². The van der Waals surface area contributed by atoms with Gasteiger partial charge in [0, 0.05) is 23.0 Å². The summed E-state index contributed by atoms with van der Waals surface area (Å²) in [5.41, 5.74) is 1.77. The molecule has 0 aromatic heterocycles. The van der Waals surface area contributed by atoms with E-state index in [4.69, 9.17) is 10.7 Å². The van der Waals surface area contributed by atoms with Gasteiger partial charge in [0.15, 0.2) is 0 Å². The Hall–Kier alpha value is -2.49. The zero-order chi connectivity index (χ0) is 21.9. The van der Waals surface area contributed by atoms with Crippen LogP contribution in [-0.2, 0) is 15.6 Å². The molecule has 0 radical (unpaired) electrons. The normalized spacial score (nSPS) is 15.9. The largest absolute Gasteiger partial charge is 0.300 e. The van der Waals surface area contributed by atoms with Crippen molar-refractivity contribution in [3.63, 3.8) is 0 Å². The van der Waals surface area contributed by atoms with Gasteiger partial charge < -0.3 is 0 Å². The maximum absolute atomic E-state index is 14.3. The first-order chi connectivity index (χ1) is 14.2. The third-order valence-corrected chi connectivity index (χ3v) is 6.03. The van der Waals surface area contributed by atoms with Gasteiger partial charge in [0.2, 0.25) is 5.84 Å².